The first-order chi connectivity index (χ1) is 10.2. The molecule has 0 aliphatic carbocycles. The summed E-state index contributed by atoms with van der Waals surface area (Å²) in [7, 11) is 4.54. The number of anilines is 1. The van der Waals surface area contributed by atoms with E-state index in [2.05, 4.69) is 53.5 Å². The van der Waals surface area contributed by atoms with Crippen LogP contribution >= 0.6 is 0 Å². The minimum absolute atomic E-state index is 0.695. The van der Waals surface area contributed by atoms with Crippen LogP contribution in [-0.2, 0) is 0 Å². The first-order valence-corrected chi connectivity index (χ1v) is 8.42. The van der Waals surface area contributed by atoms with E-state index in [4.69, 9.17) is 0 Å². The molecule has 1 atom stereocenters. The zero-order chi connectivity index (χ0) is 14.7. The molecule has 3 rings (SSSR count). The predicted molar refractivity (Wildman–Crippen MR) is 90.0 cm³/mol. The van der Waals surface area contributed by atoms with E-state index in [1.54, 1.807) is 0 Å². The molecule has 1 fully saturated rings. The first kappa shape index (κ1) is 14.9. The van der Waals surface area contributed by atoms with Gasteiger partial charge in [-0.2, -0.15) is 0 Å². The Labute approximate surface area is 129 Å². The number of nitrogens with one attached hydrogen (secondary N) is 1. The quantitative estimate of drug-likeness (QED) is 0.898. The van der Waals surface area contributed by atoms with Crippen LogP contribution in [0, 0.1) is 5.92 Å². The molecule has 2 heterocycles. The smallest absolute Gasteiger partial charge is 0.0376 e. The van der Waals surface area contributed by atoms with Crippen molar-refractivity contribution in [3.63, 3.8) is 0 Å². The van der Waals surface area contributed by atoms with Crippen LogP contribution in [0.3, 0.4) is 0 Å². The number of likely N-dealkylation sites (tertiary alicyclic amines) is 1. The predicted octanol–water partition coefficient (Wildman–Crippen LogP) is 2.86. The highest BCUT2D eigenvalue weighted by Crippen LogP contribution is 2.33. The van der Waals surface area contributed by atoms with Crippen molar-refractivity contribution in [1.29, 1.82) is 0 Å². The fourth-order valence-electron chi connectivity index (χ4n) is 3.77. The second-order valence-corrected chi connectivity index (χ2v) is 6.96. The summed E-state index contributed by atoms with van der Waals surface area (Å²) in [5.74, 6) is 1.60. The van der Waals surface area contributed by atoms with Gasteiger partial charge in [0.15, 0.2) is 0 Å². The Hall–Kier alpha value is -1.06. The van der Waals surface area contributed by atoms with Gasteiger partial charge in [-0.1, -0.05) is 18.2 Å². The van der Waals surface area contributed by atoms with Gasteiger partial charge in [0.05, 0.1) is 0 Å². The normalized spacial score (nSPS) is 23.3. The molecule has 116 valence electrons. The maximum Gasteiger partial charge on any atom is 0.0376 e. The number of rotatable bonds is 5. The van der Waals surface area contributed by atoms with Crippen LogP contribution in [0.15, 0.2) is 24.3 Å². The lowest BCUT2D eigenvalue weighted by Crippen LogP contribution is -2.36. The van der Waals surface area contributed by atoms with Crippen molar-refractivity contribution in [3.8, 4) is 0 Å². The van der Waals surface area contributed by atoms with Crippen molar-refractivity contribution in [1.82, 2.24) is 9.80 Å². The molecule has 1 aromatic rings. The zero-order valence-corrected chi connectivity index (χ0v) is 13.5. The third-order valence-corrected chi connectivity index (χ3v) is 5.21. The van der Waals surface area contributed by atoms with Crippen molar-refractivity contribution in [3.05, 3.63) is 29.8 Å². The van der Waals surface area contributed by atoms with Gasteiger partial charge in [-0.25, -0.2) is 0 Å². The van der Waals surface area contributed by atoms with Gasteiger partial charge >= 0.3 is 0 Å². The minimum Gasteiger partial charge on any atom is -0.384 e. The number of para-hydroxylation sites is 1. The van der Waals surface area contributed by atoms with Crippen LogP contribution in [0.5, 0.6) is 0 Å². The maximum absolute atomic E-state index is 3.54. The summed E-state index contributed by atoms with van der Waals surface area (Å²) in [6, 6.07) is 8.79. The van der Waals surface area contributed by atoms with E-state index in [-0.39, 0.29) is 0 Å². The second-order valence-electron chi connectivity index (χ2n) is 6.96. The summed E-state index contributed by atoms with van der Waals surface area (Å²) in [6.07, 6.45) is 4.01. The van der Waals surface area contributed by atoms with Crippen LogP contribution < -0.4 is 5.32 Å². The van der Waals surface area contributed by atoms with Gasteiger partial charge in [0.2, 0.25) is 0 Å². The highest BCUT2D eigenvalue weighted by Gasteiger charge is 2.22. The molecule has 3 heteroatoms. The maximum atomic E-state index is 3.54. The molecule has 1 saturated heterocycles. The second kappa shape index (κ2) is 6.80. The first-order valence-electron chi connectivity index (χ1n) is 8.42. The molecule has 0 spiro atoms. The summed E-state index contributed by atoms with van der Waals surface area (Å²) in [5, 5.41) is 3.54. The lowest BCUT2D eigenvalue weighted by Gasteiger charge is -2.32. The number of hydrogen-bond acceptors (Lipinski definition) is 3. The standard InChI is InChI=1S/C18H29N3/c1-20-10-7-15(8-11-20)14-21(2)12-9-16-13-19-18-6-4-3-5-17(16)18/h3-6,15-16,19H,7-14H2,1-2H3. The Balaban J connectivity index is 1.43. The molecule has 2 aliphatic heterocycles. The van der Waals surface area contributed by atoms with E-state index in [9.17, 15) is 0 Å². The van der Waals surface area contributed by atoms with Gasteiger partial charge in [0, 0.05) is 24.7 Å². The van der Waals surface area contributed by atoms with E-state index < -0.39 is 0 Å². The third kappa shape index (κ3) is 3.78. The Kier molecular flexibility index (Phi) is 4.81. The van der Waals surface area contributed by atoms with Crippen molar-refractivity contribution in [2.24, 2.45) is 5.92 Å². The van der Waals surface area contributed by atoms with Crippen molar-refractivity contribution in [2.45, 2.75) is 25.2 Å². The van der Waals surface area contributed by atoms with Crippen LogP contribution in [0.1, 0.15) is 30.7 Å². The number of hydrogen-bond donors (Lipinski definition) is 1. The largest absolute Gasteiger partial charge is 0.384 e. The summed E-state index contributed by atoms with van der Waals surface area (Å²) >= 11 is 0. The Bertz CT molecular complexity index is 452. The van der Waals surface area contributed by atoms with E-state index in [0.29, 0.717) is 5.92 Å². The molecule has 1 aromatic carbocycles. The number of benzene rings is 1. The molecule has 3 nitrogen and oxygen atoms in total. The highest BCUT2D eigenvalue weighted by atomic mass is 15.1. The molecule has 0 radical (unpaired) electrons. The Morgan fingerprint density at radius 2 is 2.00 bits per heavy atom. The third-order valence-electron chi connectivity index (χ3n) is 5.21. The summed E-state index contributed by atoms with van der Waals surface area (Å²) in [4.78, 5) is 5.01. The van der Waals surface area contributed by atoms with Crippen molar-refractivity contribution in [2.75, 3.05) is 52.1 Å². The van der Waals surface area contributed by atoms with Gasteiger partial charge in [-0.15, -0.1) is 0 Å². The van der Waals surface area contributed by atoms with Crippen LogP contribution in [-0.4, -0.2) is 56.6 Å². The topological polar surface area (TPSA) is 18.5 Å². The van der Waals surface area contributed by atoms with Crippen LogP contribution in [0.25, 0.3) is 0 Å². The van der Waals surface area contributed by atoms with Gasteiger partial charge in [-0.3, -0.25) is 0 Å². The van der Waals surface area contributed by atoms with Gasteiger partial charge in [-0.05, 0) is 70.5 Å². The van der Waals surface area contributed by atoms with E-state index >= 15 is 0 Å². The van der Waals surface area contributed by atoms with Gasteiger partial charge < -0.3 is 15.1 Å². The van der Waals surface area contributed by atoms with Gasteiger partial charge in [0.1, 0.15) is 0 Å². The fraction of sp³-hybridized carbons (Fsp3) is 0.667. The molecular formula is C18H29N3. The van der Waals surface area contributed by atoms with Crippen LogP contribution in [0.2, 0.25) is 0 Å². The summed E-state index contributed by atoms with van der Waals surface area (Å²) < 4.78 is 0. The monoisotopic (exact) mass is 287 g/mol. The highest BCUT2D eigenvalue weighted by molar-refractivity contribution is 5.57. The van der Waals surface area contributed by atoms with Crippen LogP contribution in [0.4, 0.5) is 5.69 Å². The average molecular weight is 287 g/mol. The Morgan fingerprint density at radius 1 is 1.24 bits per heavy atom. The molecule has 1 unspecified atom stereocenters. The molecule has 0 amide bonds. The minimum atomic E-state index is 0.695. The molecule has 0 bridgehead atoms. The molecule has 0 saturated carbocycles. The van der Waals surface area contributed by atoms with Crippen molar-refractivity contribution < 1.29 is 0 Å². The summed E-state index contributed by atoms with van der Waals surface area (Å²) in [5.41, 5.74) is 2.87. The molecule has 21 heavy (non-hydrogen) atoms. The summed E-state index contributed by atoms with van der Waals surface area (Å²) in [6.45, 7) is 6.15. The SMILES string of the molecule is CN1CCC(CN(C)CCC2CNc3ccccc32)CC1. The molecule has 0 aromatic heterocycles. The van der Waals surface area contributed by atoms with E-state index in [1.807, 2.05) is 0 Å². The molecular weight excluding hydrogens is 258 g/mol. The average Bonchev–Trinajstić information content (AvgIpc) is 2.91. The molecule has 2 aliphatic rings. The fourth-order valence-corrected chi connectivity index (χ4v) is 3.77. The Morgan fingerprint density at radius 3 is 2.81 bits per heavy atom. The zero-order valence-electron chi connectivity index (χ0n) is 13.5. The molecule has 1 N–H and O–H groups in total. The van der Waals surface area contributed by atoms with Crippen molar-refractivity contribution >= 4 is 5.69 Å². The van der Waals surface area contributed by atoms with E-state index in [0.717, 1.165) is 12.5 Å². The lowest BCUT2D eigenvalue weighted by atomic mass is 9.95. The lowest BCUT2D eigenvalue weighted by molar-refractivity contribution is 0.174. The number of fused-ring (bicyclic) bond motifs is 1. The van der Waals surface area contributed by atoms with Gasteiger partial charge in [0.25, 0.3) is 0 Å². The van der Waals surface area contributed by atoms with E-state index in [1.165, 1.54) is 56.7 Å². The number of piperidine rings is 1. The number of nitrogens with zero attached hydrogens (tertiary/aromatic N) is 2.